The topological polar surface area (TPSA) is 87.4 Å². The van der Waals surface area contributed by atoms with Crippen LogP contribution < -0.4 is 11.1 Å². The molecule has 8 heteroatoms. The van der Waals surface area contributed by atoms with Gasteiger partial charge in [-0.1, -0.05) is 6.07 Å². The minimum Gasteiger partial charge on any atom is -0.375 e. The molecule has 23 heavy (non-hydrogen) atoms. The minimum atomic E-state index is -0.0209. The summed E-state index contributed by atoms with van der Waals surface area (Å²) in [6.07, 6.45) is 3.51. The lowest BCUT2D eigenvalue weighted by Crippen LogP contribution is -2.48. The molecule has 2 aromatic rings. The largest absolute Gasteiger partial charge is 0.375 e. The number of anilines is 2. The van der Waals surface area contributed by atoms with E-state index in [9.17, 15) is 4.79 Å². The van der Waals surface area contributed by atoms with Gasteiger partial charge in [0.05, 0.1) is 6.54 Å². The molecule has 3 heterocycles. The number of hydrogen-bond donors (Lipinski definition) is 2. The van der Waals surface area contributed by atoms with Gasteiger partial charge >= 0.3 is 0 Å². The fourth-order valence-corrected chi connectivity index (χ4v) is 3.27. The summed E-state index contributed by atoms with van der Waals surface area (Å²) in [6.45, 7) is 4.91. The lowest BCUT2D eigenvalue weighted by Gasteiger charge is -2.33. The van der Waals surface area contributed by atoms with E-state index in [4.69, 9.17) is 5.73 Å². The zero-order valence-corrected chi connectivity index (χ0v) is 13.6. The van der Waals surface area contributed by atoms with Crippen molar-refractivity contribution in [1.29, 1.82) is 0 Å². The van der Waals surface area contributed by atoms with Crippen LogP contribution in [0.25, 0.3) is 0 Å². The number of nitrogens with one attached hydrogen (secondary N) is 1. The number of nitrogen functional groups attached to an aromatic ring is 1. The summed E-state index contributed by atoms with van der Waals surface area (Å²) >= 11 is 1.53. The van der Waals surface area contributed by atoms with Crippen molar-refractivity contribution in [3.05, 3.63) is 35.5 Å². The summed E-state index contributed by atoms with van der Waals surface area (Å²) in [5.74, 6) is 0.575. The maximum atomic E-state index is 12.0. The van der Waals surface area contributed by atoms with E-state index in [1.54, 1.807) is 12.3 Å². The van der Waals surface area contributed by atoms with E-state index in [1.165, 1.54) is 16.2 Å². The SMILES string of the molecule is Nc1ncc(CN2CCN(CC(=O)Nc3ccccn3)CC2)s1. The molecule has 3 N–H and O–H groups in total. The predicted octanol–water partition coefficient (Wildman–Crippen LogP) is 0.877. The zero-order chi connectivity index (χ0) is 16.1. The van der Waals surface area contributed by atoms with Crippen molar-refractivity contribution in [3.8, 4) is 0 Å². The number of rotatable bonds is 5. The Balaban J connectivity index is 1.41. The van der Waals surface area contributed by atoms with Crippen LogP contribution >= 0.6 is 11.3 Å². The number of amides is 1. The molecule has 7 nitrogen and oxygen atoms in total. The van der Waals surface area contributed by atoms with Gasteiger partial charge < -0.3 is 11.1 Å². The molecule has 0 radical (unpaired) electrons. The van der Waals surface area contributed by atoms with Crippen molar-refractivity contribution in [2.24, 2.45) is 0 Å². The molecule has 1 aliphatic rings. The molecule has 0 saturated carbocycles. The fourth-order valence-electron chi connectivity index (χ4n) is 2.54. The Bertz CT molecular complexity index is 638. The number of carbonyl (C=O) groups is 1. The molecule has 0 bridgehead atoms. The van der Waals surface area contributed by atoms with Gasteiger partial charge in [0.25, 0.3) is 0 Å². The number of hydrogen-bond acceptors (Lipinski definition) is 7. The highest BCUT2D eigenvalue weighted by atomic mass is 32.1. The minimum absolute atomic E-state index is 0.0209. The first-order valence-corrected chi connectivity index (χ1v) is 8.36. The third kappa shape index (κ3) is 4.72. The van der Waals surface area contributed by atoms with Crippen LogP contribution in [0.1, 0.15) is 4.88 Å². The molecule has 2 aromatic heterocycles. The van der Waals surface area contributed by atoms with Gasteiger partial charge in [0.15, 0.2) is 5.13 Å². The van der Waals surface area contributed by atoms with Crippen molar-refractivity contribution in [3.63, 3.8) is 0 Å². The summed E-state index contributed by atoms with van der Waals surface area (Å²) in [5, 5.41) is 3.43. The van der Waals surface area contributed by atoms with Gasteiger partial charge in [-0.25, -0.2) is 9.97 Å². The van der Waals surface area contributed by atoms with Crippen LogP contribution in [0.2, 0.25) is 0 Å². The maximum Gasteiger partial charge on any atom is 0.239 e. The second kappa shape index (κ2) is 7.49. The number of carbonyl (C=O) groups excluding carboxylic acids is 1. The number of pyridine rings is 1. The van der Waals surface area contributed by atoms with Crippen LogP contribution in [0.4, 0.5) is 10.9 Å². The summed E-state index contributed by atoms with van der Waals surface area (Å²) < 4.78 is 0. The smallest absolute Gasteiger partial charge is 0.239 e. The van der Waals surface area contributed by atoms with Crippen LogP contribution in [0.15, 0.2) is 30.6 Å². The Morgan fingerprint density at radius 3 is 2.65 bits per heavy atom. The molecule has 122 valence electrons. The lowest BCUT2D eigenvalue weighted by atomic mass is 10.3. The van der Waals surface area contributed by atoms with Crippen LogP contribution in [0.3, 0.4) is 0 Å². The Hall–Kier alpha value is -2.03. The first-order valence-electron chi connectivity index (χ1n) is 7.55. The van der Waals surface area contributed by atoms with Crippen LogP contribution in [-0.2, 0) is 11.3 Å². The Kier molecular flexibility index (Phi) is 5.16. The summed E-state index contributed by atoms with van der Waals surface area (Å²) in [6, 6.07) is 5.47. The van der Waals surface area contributed by atoms with E-state index in [1.807, 2.05) is 18.3 Å². The maximum absolute atomic E-state index is 12.0. The van der Waals surface area contributed by atoms with Crippen molar-refractivity contribution >= 4 is 28.2 Å². The van der Waals surface area contributed by atoms with Crippen LogP contribution in [0.5, 0.6) is 0 Å². The first-order chi connectivity index (χ1) is 11.2. The fraction of sp³-hybridized carbons (Fsp3) is 0.400. The summed E-state index contributed by atoms with van der Waals surface area (Å²) in [4.78, 5) is 25.9. The monoisotopic (exact) mass is 332 g/mol. The van der Waals surface area contributed by atoms with Gasteiger partial charge in [-0.3, -0.25) is 14.6 Å². The molecule has 1 saturated heterocycles. The van der Waals surface area contributed by atoms with Gasteiger partial charge in [-0.15, -0.1) is 11.3 Å². The normalized spacial score (nSPS) is 16.3. The summed E-state index contributed by atoms with van der Waals surface area (Å²) in [7, 11) is 0. The van der Waals surface area contributed by atoms with E-state index in [0.717, 1.165) is 32.7 Å². The van der Waals surface area contributed by atoms with E-state index < -0.39 is 0 Å². The van der Waals surface area contributed by atoms with Crippen molar-refractivity contribution in [2.75, 3.05) is 43.8 Å². The zero-order valence-electron chi connectivity index (χ0n) is 12.8. The lowest BCUT2D eigenvalue weighted by molar-refractivity contribution is -0.117. The molecular formula is C15H20N6OS. The molecule has 0 aliphatic carbocycles. The van der Waals surface area contributed by atoms with E-state index in [-0.39, 0.29) is 5.91 Å². The Labute approximate surface area is 139 Å². The van der Waals surface area contributed by atoms with Crippen LogP contribution in [0, 0.1) is 0 Å². The highest BCUT2D eigenvalue weighted by molar-refractivity contribution is 7.15. The van der Waals surface area contributed by atoms with Gasteiger partial charge in [0, 0.05) is 50.0 Å². The van der Waals surface area contributed by atoms with Gasteiger partial charge in [-0.2, -0.15) is 0 Å². The average Bonchev–Trinajstić information content (AvgIpc) is 2.95. The quantitative estimate of drug-likeness (QED) is 0.845. The second-order valence-corrected chi connectivity index (χ2v) is 6.63. The number of piperazine rings is 1. The molecule has 0 unspecified atom stereocenters. The van der Waals surface area contributed by atoms with E-state index in [2.05, 4.69) is 25.1 Å². The van der Waals surface area contributed by atoms with Crippen molar-refractivity contribution in [1.82, 2.24) is 19.8 Å². The summed E-state index contributed by atoms with van der Waals surface area (Å²) in [5.41, 5.74) is 5.66. The molecule has 0 atom stereocenters. The number of nitrogens with zero attached hydrogens (tertiary/aromatic N) is 4. The molecule has 0 aromatic carbocycles. The third-order valence-corrected chi connectivity index (χ3v) is 4.53. The number of nitrogens with two attached hydrogens (primary N) is 1. The van der Waals surface area contributed by atoms with Crippen molar-refractivity contribution < 1.29 is 4.79 Å². The Morgan fingerprint density at radius 1 is 1.22 bits per heavy atom. The second-order valence-electron chi connectivity index (χ2n) is 5.48. The highest BCUT2D eigenvalue weighted by Gasteiger charge is 2.19. The molecule has 0 spiro atoms. The van der Waals surface area contributed by atoms with Crippen molar-refractivity contribution in [2.45, 2.75) is 6.54 Å². The third-order valence-electron chi connectivity index (χ3n) is 3.72. The average molecular weight is 332 g/mol. The highest BCUT2D eigenvalue weighted by Crippen LogP contribution is 2.17. The van der Waals surface area contributed by atoms with Gasteiger partial charge in [0.2, 0.25) is 5.91 Å². The number of aromatic nitrogens is 2. The molecule has 1 amide bonds. The molecule has 1 aliphatic heterocycles. The van der Waals surface area contributed by atoms with Gasteiger partial charge in [0.1, 0.15) is 5.82 Å². The first kappa shape index (κ1) is 15.9. The van der Waals surface area contributed by atoms with Gasteiger partial charge in [-0.05, 0) is 12.1 Å². The van der Waals surface area contributed by atoms with E-state index >= 15 is 0 Å². The molecular weight excluding hydrogens is 312 g/mol. The van der Waals surface area contributed by atoms with Crippen LogP contribution in [-0.4, -0.2) is 58.4 Å². The van der Waals surface area contributed by atoms with E-state index in [0.29, 0.717) is 17.5 Å². The molecule has 1 fully saturated rings. The number of thiazole rings is 1. The molecule has 3 rings (SSSR count). The predicted molar refractivity (Wildman–Crippen MR) is 91.1 cm³/mol. The standard InChI is InChI=1S/C15H20N6OS/c16-15-18-9-12(23-15)10-20-5-7-21(8-6-20)11-14(22)19-13-3-1-2-4-17-13/h1-4,9H,5-8,10-11H2,(H2,16,18)(H,17,19,22). The Morgan fingerprint density at radius 2 is 2.00 bits per heavy atom.